The third-order valence-corrected chi connectivity index (χ3v) is 2.31. The van der Waals surface area contributed by atoms with Crippen LogP contribution in [0.2, 0.25) is 0 Å². The molecule has 0 fully saturated rings. The van der Waals surface area contributed by atoms with E-state index >= 15 is 0 Å². The third-order valence-electron chi connectivity index (χ3n) is 2.31. The van der Waals surface area contributed by atoms with Crippen molar-refractivity contribution < 1.29 is 0 Å². The Kier molecular flexibility index (Phi) is 2.89. The first-order chi connectivity index (χ1) is 5.27. The van der Waals surface area contributed by atoms with Crippen molar-refractivity contribution in [3.05, 3.63) is 23.8 Å². The zero-order valence-electron chi connectivity index (χ0n) is 7.59. The first-order valence-corrected chi connectivity index (χ1v) is 4.31. The first kappa shape index (κ1) is 8.54. The molecule has 1 N–H and O–H groups in total. The van der Waals surface area contributed by atoms with E-state index in [9.17, 15) is 0 Å². The standard InChI is InChI=1S/C10H17N/c1-4-9-7-8(2)5-6-10(9)11-3/h5-7,9-11H,4H2,1-3H3. The molecular weight excluding hydrogens is 134 g/mol. The van der Waals surface area contributed by atoms with Crippen LogP contribution in [0.5, 0.6) is 0 Å². The highest BCUT2D eigenvalue weighted by molar-refractivity contribution is 5.25. The summed E-state index contributed by atoms with van der Waals surface area (Å²) in [5, 5.41) is 3.29. The fourth-order valence-corrected chi connectivity index (χ4v) is 1.58. The van der Waals surface area contributed by atoms with Gasteiger partial charge < -0.3 is 5.32 Å². The van der Waals surface area contributed by atoms with E-state index in [-0.39, 0.29) is 0 Å². The number of likely N-dealkylation sites (N-methyl/N-ethyl adjacent to an activating group) is 1. The SMILES string of the molecule is CCC1C=C(C)C=CC1NC. The van der Waals surface area contributed by atoms with Gasteiger partial charge in [0.15, 0.2) is 0 Å². The van der Waals surface area contributed by atoms with Gasteiger partial charge >= 0.3 is 0 Å². The summed E-state index contributed by atoms with van der Waals surface area (Å²) in [5.74, 6) is 0.685. The molecule has 0 saturated heterocycles. The lowest BCUT2D eigenvalue weighted by atomic mass is 9.90. The topological polar surface area (TPSA) is 12.0 Å². The van der Waals surface area contributed by atoms with Gasteiger partial charge in [-0.05, 0) is 26.3 Å². The Morgan fingerprint density at radius 3 is 2.82 bits per heavy atom. The highest BCUT2D eigenvalue weighted by Crippen LogP contribution is 2.19. The molecule has 62 valence electrons. The number of rotatable bonds is 2. The van der Waals surface area contributed by atoms with Gasteiger partial charge in [0, 0.05) is 6.04 Å². The van der Waals surface area contributed by atoms with Crippen molar-refractivity contribution in [1.29, 1.82) is 0 Å². The second-order valence-electron chi connectivity index (χ2n) is 3.16. The lowest BCUT2D eigenvalue weighted by Gasteiger charge is -2.23. The van der Waals surface area contributed by atoms with Gasteiger partial charge in [0.2, 0.25) is 0 Å². The van der Waals surface area contributed by atoms with Crippen LogP contribution in [0.1, 0.15) is 20.3 Å². The van der Waals surface area contributed by atoms with E-state index in [4.69, 9.17) is 0 Å². The minimum Gasteiger partial charge on any atom is -0.313 e. The lowest BCUT2D eigenvalue weighted by molar-refractivity contribution is 0.486. The quantitative estimate of drug-likeness (QED) is 0.637. The summed E-state index contributed by atoms with van der Waals surface area (Å²) >= 11 is 0. The van der Waals surface area contributed by atoms with Crippen LogP contribution in [0.15, 0.2) is 23.8 Å². The van der Waals surface area contributed by atoms with Gasteiger partial charge in [-0.1, -0.05) is 30.7 Å². The largest absolute Gasteiger partial charge is 0.313 e. The van der Waals surface area contributed by atoms with Gasteiger partial charge in [-0.2, -0.15) is 0 Å². The van der Waals surface area contributed by atoms with E-state index in [1.54, 1.807) is 0 Å². The molecule has 0 saturated carbocycles. The summed E-state index contributed by atoms with van der Waals surface area (Å²) < 4.78 is 0. The van der Waals surface area contributed by atoms with Gasteiger partial charge in [-0.3, -0.25) is 0 Å². The molecule has 1 aliphatic rings. The minimum absolute atomic E-state index is 0.545. The van der Waals surface area contributed by atoms with Crippen molar-refractivity contribution in [2.45, 2.75) is 26.3 Å². The Bertz CT molecular complexity index is 179. The summed E-state index contributed by atoms with van der Waals surface area (Å²) in [5.41, 5.74) is 1.39. The highest BCUT2D eigenvalue weighted by atomic mass is 14.9. The van der Waals surface area contributed by atoms with Gasteiger partial charge in [-0.15, -0.1) is 0 Å². The normalized spacial score (nSPS) is 30.3. The molecule has 0 radical (unpaired) electrons. The van der Waals surface area contributed by atoms with E-state index in [0.717, 1.165) is 0 Å². The summed E-state index contributed by atoms with van der Waals surface area (Å²) in [7, 11) is 2.02. The Balaban J connectivity index is 2.66. The van der Waals surface area contributed by atoms with Crippen LogP contribution in [0.4, 0.5) is 0 Å². The molecule has 0 aliphatic heterocycles. The van der Waals surface area contributed by atoms with E-state index in [2.05, 4.69) is 37.4 Å². The second-order valence-corrected chi connectivity index (χ2v) is 3.16. The summed E-state index contributed by atoms with van der Waals surface area (Å²) in [6.07, 6.45) is 8.01. The van der Waals surface area contributed by atoms with Crippen LogP contribution in [0.25, 0.3) is 0 Å². The van der Waals surface area contributed by atoms with E-state index in [1.165, 1.54) is 12.0 Å². The van der Waals surface area contributed by atoms with Crippen molar-refractivity contribution in [3.63, 3.8) is 0 Å². The molecule has 1 aliphatic carbocycles. The summed E-state index contributed by atoms with van der Waals surface area (Å²) in [6.45, 7) is 4.39. The molecule has 0 aromatic rings. The molecule has 1 heteroatoms. The average Bonchev–Trinajstić information content (AvgIpc) is 2.04. The number of nitrogens with one attached hydrogen (secondary N) is 1. The number of hydrogen-bond acceptors (Lipinski definition) is 1. The van der Waals surface area contributed by atoms with Crippen molar-refractivity contribution >= 4 is 0 Å². The van der Waals surface area contributed by atoms with Crippen LogP contribution in [-0.4, -0.2) is 13.1 Å². The third kappa shape index (κ3) is 1.93. The monoisotopic (exact) mass is 151 g/mol. The van der Waals surface area contributed by atoms with E-state index in [0.29, 0.717) is 12.0 Å². The maximum atomic E-state index is 3.29. The molecule has 0 bridgehead atoms. The average molecular weight is 151 g/mol. The molecule has 2 unspecified atom stereocenters. The lowest BCUT2D eigenvalue weighted by Crippen LogP contribution is -2.31. The number of hydrogen-bond donors (Lipinski definition) is 1. The van der Waals surface area contributed by atoms with Gasteiger partial charge in [0.25, 0.3) is 0 Å². The van der Waals surface area contributed by atoms with Crippen LogP contribution in [0.3, 0.4) is 0 Å². The predicted molar refractivity (Wildman–Crippen MR) is 49.5 cm³/mol. The molecule has 0 heterocycles. The van der Waals surface area contributed by atoms with Crippen LogP contribution >= 0.6 is 0 Å². The molecule has 0 spiro atoms. The van der Waals surface area contributed by atoms with Crippen LogP contribution < -0.4 is 5.32 Å². The fourth-order valence-electron chi connectivity index (χ4n) is 1.58. The predicted octanol–water partition coefficient (Wildman–Crippen LogP) is 2.12. The maximum Gasteiger partial charge on any atom is 0.0313 e. The highest BCUT2D eigenvalue weighted by Gasteiger charge is 2.15. The Morgan fingerprint density at radius 1 is 1.55 bits per heavy atom. The summed E-state index contributed by atoms with van der Waals surface area (Å²) in [4.78, 5) is 0. The molecule has 1 rings (SSSR count). The zero-order valence-corrected chi connectivity index (χ0v) is 7.59. The van der Waals surface area contributed by atoms with Crippen molar-refractivity contribution in [1.82, 2.24) is 5.32 Å². The van der Waals surface area contributed by atoms with Crippen LogP contribution in [-0.2, 0) is 0 Å². The molecular formula is C10H17N. The van der Waals surface area contributed by atoms with Gasteiger partial charge in [-0.25, -0.2) is 0 Å². The van der Waals surface area contributed by atoms with Crippen molar-refractivity contribution in [3.8, 4) is 0 Å². The molecule has 0 aromatic carbocycles. The number of allylic oxidation sites excluding steroid dienone is 2. The van der Waals surface area contributed by atoms with Crippen LogP contribution in [0, 0.1) is 5.92 Å². The zero-order chi connectivity index (χ0) is 8.27. The smallest absolute Gasteiger partial charge is 0.0313 e. The Morgan fingerprint density at radius 2 is 2.27 bits per heavy atom. The molecule has 1 nitrogen and oxygen atoms in total. The maximum absolute atomic E-state index is 3.29. The first-order valence-electron chi connectivity index (χ1n) is 4.31. The molecule has 0 amide bonds. The van der Waals surface area contributed by atoms with E-state index in [1.807, 2.05) is 7.05 Å². The molecule has 2 atom stereocenters. The van der Waals surface area contributed by atoms with Gasteiger partial charge in [0.05, 0.1) is 0 Å². The second kappa shape index (κ2) is 3.72. The van der Waals surface area contributed by atoms with E-state index < -0.39 is 0 Å². The van der Waals surface area contributed by atoms with Crippen molar-refractivity contribution in [2.75, 3.05) is 7.05 Å². The Labute approximate surface area is 69.2 Å². The molecule has 11 heavy (non-hydrogen) atoms. The minimum atomic E-state index is 0.545. The fraction of sp³-hybridized carbons (Fsp3) is 0.600. The Hall–Kier alpha value is -0.560. The van der Waals surface area contributed by atoms with Gasteiger partial charge in [0.1, 0.15) is 0 Å². The van der Waals surface area contributed by atoms with Crippen molar-refractivity contribution in [2.24, 2.45) is 5.92 Å². The molecule has 0 aromatic heterocycles. The summed E-state index contributed by atoms with van der Waals surface area (Å²) in [6, 6.07) is 0.545.